The van der Waals surface area contributed by atoms with Crippen molar-refractivity contribution in [3.05, 3.63) is 59.8 Å². The monoisotopic (exact) mass is 318 g/mol. The average Bonchev–Trinajstić information content (AvgIpc) is 3.15. The highest BCUT2D eigenvalue weighted by Crippen LogP contribution is 2.12. The second kappa shape index (κ2) is 5.63. The van der Waals surface area contributed by atoms with Crippen molar-refractivity contribution in [3.63, 3.8) is 0 Å². The lowest BCUT2D eigenvalue weighted by molar-refractivity contribution is 0.103. The van der Waals surface area contributed by atoms with Crippen LogP contribution in [-0.4, -0.2) is 15.8 Å². The average molecular weight is 318 g/mol. The van der Waals surface area contributed by atoms with Gasteiger partial charge in [-0.15, -0.1) is 22.7 Å². The van der Waals surface area contributed by atoms with Crippen molar-refractivity contribution in [1.82, 2.24) is 9.97 Å². The molecule has 0 aromatic carbocycles. The van der Waals surface area contributed by atoms with Crippen LogP contribution in [0.3, 0.4) is 0 Å². The number of nitrogens with one attached hydrogen (secondary N) is 1. The van der Waals surface area contributed by atoms with Gasteiger partial charge in [-0.1, -0.05) is 0 Å². The van der Waals surface area contributed by atoms with Crippen molar-refractivity contribution in [2.75, 3.05) is 0 Å². The molecule has 21 heavy (non-hydrogen) atoms. The van der Waals surface area contributed by atoms with Gasteiger partial charge in [-0.05, 0) is 25.1 Å². The zero-order valence-electron chi connectivity index (χ0n) is 11.0. The lowest BCUT2D eigenvalue weighted by Crippen LogP contribution is -2.19. The maximum atomic E-state index is 11.9. The molecule has 0 spiro atoms. The first-order valence-electron chi connectivity index (χ1n) is 6.04. The van der Waals surface area contributed by atoms with E-state index in [0.29, 0.717) is 9.20 Å². The van der Waals surface area contributed by atoms with Gasteiger partial charge >= 0.3 is 0 Å². The molecular weight excluding hydrogens is 308 g/mol. The van der Waals surface area contributed by atoms with Gasteiger partial charge in [0, 0.05) is 6.08 Å². The molecule has 5 nitrogen and oxygen atoms in total. The quantitative estimate of drug-likeness (QED) is 0.738. The fraction of sp³-hybridized carbons (Fsp3) is 0.0714. The first kappa shape index (κ1) is 13.7. The largest absolute Gasteiger partial charge is 0.461 e. The molecule has 0 saturated carbocycles. The van der Waals surface area contributed by atoms with Gasteiger partial charge in [-0.2, -0.15) is 0 Å². The number of aromatic nitrogens is 2. The van der Waals surface area contributed by atoms with Crippen molar-refractivity contribution in [3.8, 4) is 0 Å². The topological polar surface area (TPSA) is 76.0 Å². The van der Waals surface area contributed by atoms with Gasteiger partial charge in [0.2, 0.25) is 5.78 Å². The minimum Gasteiger partial charge on any atom is -0.461 e. The van der Waals surface area contributed by atoms with Crippen molar-refractivity contribution >= 4 is 40.6 Å². The summed E-state index contributed by atoms with van der Waals surface area (Å²) in [5, 5.41) is 0. The first-order chi connectivity index (χ1) is 10.1. The van der Waals surface area contributed by atoms with Crippen LogP contribution in [0.5, 0.6) is 0 Å². The SMILES string of the molecule is Cc1ncsc1/C=c1\s/c(=C\C(=O)c2ccco2)[nH]c1=O. The van der Waals surface area contributed by atoms with Crippen LogP contribution < -0.4 is 14.8 Å². The smallest absolute Gasteiger partial charge is 0.266 e. The number of aryl methyl sites for hydroxylation is 1. The second-order valence-corrected chi connectivity index (χ2v) is 6.19. The van der Waals surface area contributed by atoms with Crippen molar-refractivity contribution in [1.29, 1.82) is 0 Å². The Morgan fingerprint density at radius 3 is 3.00 bits per heavy atom. The summed E-state index contributed by atoms with van der Waals surface area (Å²) in [6, 6.07) is 3.22. The molecular formula is C14H10N2O3S2. The van der Waals surface area contributed by atoms with Crippen LogP contribution >= 0.6 is 22.7 Å². The number of carbonyl (C=O) groups is 1. The molecule has 0 bridgehead atoms. The van der Waals surface area contributed by atoms with E-state index in [1.807, 2.05) is 6.92 Å². The molecule has 3 rings (SSSR count). The Labute approximate surface area is 126 Å². The molecule has 0 aliphatic rings. The highest BCUT2D eigenvalue weighted by molar-refractivity contribution is 7.11. The molecule has 0 atom stereocenters. The molecule has 3 aromatic heterocycles. The molecule has 3 aromatic rings. The number of hydrogen-bond donors (Lipinski definition) is 1. The third kappa shape index (κ3) is 2.93. The molecule has 0 aliphatic heterocycles. The molecule has 0 radical (unpaired) electrons. The van der Waals surface area contributed by atoms with Crippen molar-refractivity contribution in [2.24, 2.45) is 0 Å². The summed E-state index contributed by atoms with van der Waals surface area (Å²) in [7, 11) is 0. The summed E-state index contributed by atoms with van der Waals surface area (Å²) in [6.07, 6.45) is 4.58. The van der Waals surface area contributed by atoms with E-state index >= 15 is 0 Å². The van der Waals surface area contributed by atoms with Crippen LogP contribution in [-0.2, 0) is 0 Å². The Bertz CT molecular complexity index is 945. The molecule has 0 saturated heterocycles. The van der Waals surface area contributed by atoms with Crippen molar-refractivity contribution in [2.45, 2.75) is 6.92 Å². The molecule has 0 amide bonds. The highest BCUT2D eigenvalue weighted by atomic mass is 32.1. The van der Waals surface area contributed by atoms with Gasteiger partial charge in [-0.3, -0.25) is 9.59 Å². The van der Waals surface area contributed by atoms with E-state index in [4.69, 9.17) is 4.42 Å². The maximum absolute atomic E-state index is 11.9. The standard InChI is InChI=1S/C14H10N2O3S2/c1-8-11(20-7-15-8)6-12-14(18)16-13(21-12)5-9(17)10-3-2-4-19-10/h2-7H,1H3,(H,16,18)/b12-6-,13-5-. The zero-order valence-corrected chi connectivity index (χ0v) is 12.6. The van der Waals surface area contributed by atoms with Crippen LogP contribution in [0.25, 0.3) is 12.2 Å². The first-order valence-corrected chi connectivity index (χ1v) is 7.73. The van der Waals surface area contributed by atoms with Crippen LogP contribution in [0.1, 0.15) is 21.1 Å². The summed E-state index contributed by atoms with van der Waals surface area (Å²) in [6.45, 7) is 1.89. The van der Waals surface area contributed by atoms with Gasteiger partial charge in [-0.25, -0.2) is 4.98 Å². The maximum Gasteiger partial charge on any atom is 0.266 e. The predicted molar refractivity (Wildman–Crippen MR) is 82.1 cm³/mol. The van der Waals surface area contributed by atoms with E-state index < -0.39 is 0 Å². The Morgan fingerprint density at radius 2 is 2.33 bits per heavy atom. The van der Waals surface area contributed by atoms with E-state index in [1.54, 1.807) is 23.7 Å². The number of nitrogens with zero attached hydrogens (tertiary/aromatic N) is 1. The Kier molecular flexibility index (Phi) is 3.68. The van der Waals surface area contributed by atoms with E-state index in [2.05, 4.69) is 9.97 Å². The number of hydrogen-bond acceptors (Lipinski definition) is 6. The minimum absolute atomic E-state index is 0.216. The fourth-order valence-corrected chi connectivity index (χ4v) is 3.38. The number of furan rings is 1. The van der Waals surface area contributed by atoms with E-state index in [-0.39, 0.29) is 17.1 Å². The molecule has 0 aliphatic carbocycles. The number of H-pyrrole nitrogens is 1. The van der Waals surface area contributed by atoms with Crippen LogP contribution in [0, 0.1) is 6.92 Å². The Morgan fingerprint density at radius 1 is 1.48 bits per heavy atom. The summed E-state index contributed by atoms with van der Waals surface area (Å²) in [5.74, 6) is -0.0360. The lowest BCUT2D eigenvalue weighted by atomic mass is 10.3. The fourth-order valence-electron chi connectivity index (χ4n) is 1.70. The normalized spacial score (nSPS) is 13.0. The second-order valence-electron chi connectivity index (χ2n) is 4.22. The molecule has 0 fully saturated rings. The minimum atomic E-state index is -0.280. The number of carbonyl (C=O) groups excluding carboxylic acids is 1. The number of aromatic amines is 1. The molecule has 106 valence electrons. The van der Waals surface area contributed by atoms with Crippen molar-refractivity contribution < 1.29 is 9.21 Å². The summed E-state index contributed by atoms with van der Waals surface area (Å²) in [5.41, 5.74) is 2.40. The van der Waals surface area contributed by atoms with Gasteiger partial charge in [0.15, 0.2) is 5.76 Å². The van der Waals surface area contributed by atoms with Crippen LogP contribution in [0.15, 0.2) is 33.1 Å². The summed E-state index contributed by atoms with van der Waals surface area (Å²) >= 11 is 2.70. The molecule has 0 unspecified atom stereocenters. The number of thiazole rings is 2. The Balaban J connectivity index is 2.03. The van der Waals surface area contributed by atoms with Gasteiger partial charge in [0.25, 0.3) is 5.56 Å². The lowest BCUT2D eigenvalue weighted by Gasteiger charge is -1.85. The van der Waals surface area contributed by atoms with E-state index in [9.17, 15) is 9.59 Å². The van der Waals surface area contributed by atoms with Gasteiger partial charge in [0.05, 0.1) is 31.5 Å². The van der Waals surface area contributed by atoms with Crippen LogP contribution in [0.4, 0.5) is 0 Å². The number of rotatable bonds is 3. The van der Waals surface area contributed by atoms with Gasteiger partial charge in [0.1, 0.15) is 0 Å². The zero-order chi connectivity index (χ0) is 14.8. The van der Waals surface area contributed by atoms with Gasteiger partial charge < -0.3 is 9.40 Å². The molecule has 3 heterocycles. The van der Waals surface area contributed by atoms with E-state index in [0.717, 1.165) is 10.6 Å². The van der Waals surface area contributed by atoms with E-state index in [1.165, 1.54) is 35.0 Å². The summed E-state index contributed by atoms with van der Waals surface area (Å²) in [4.78, 5) is 31.5. The summed E-state index contributed by atoms with van der Waals surface area (Å²) < 4.78 is 6.06. The molecule has 7 heteroatoms. The third-order valence-corrected chi connectivity index (χ3v) is 4.59. The highest BCUT2D eigenvalue weighted by Gasteiger charge is 2.06. The number of Topliss-reactive ketones (excluding diaryl/α,β-unsaturated/α-hetero) is 1. The Hall–Kier alpha value is -2.25. The predicted octanol–water partition coefficient (Wildman–Crippen LogP) is 1.29. The number of ketones is 1. The third-order valence-electron chi connectivity index (χ3n) is 2.75. The van der Waals surface area contributed by atoms with Crippen LogP contribution in [0.2, 0.25) is 0 Å². The molecule has 1 N–H and O–H groups in total.